The molecule has 2 aromatic heterocycles. The number of thioether (sulfide) groups is 1. The maximum Gasteiger partial charge on any atom is 0.278 e. The molecular weight excluding hydrogens is 396 g/mol. The average Bonchev–Trinajstić information content (AvgIpc) is 2.99. The van der Waals surface area contributed by atoms with Crippen molar-refractivity contribution in [3.8, 4) is 0 Å². The molecule has 0 aliphatic carbocycles. The number of halogens is 1. The van der Waals surface area contributed by atoms with E-state index in [-0.39, 0.29) is 23.1 Å². The van der Waals surface area contributed by atoms with Gasteiger partial charge in [0.2, 0.25) is 5.91 Å². The number of H-pyrrole nitrogens is 1. The normalized spacial score (nSPS) is 11.4. The molecule has 0 atom stereocenters. The predicted molar refractivity (Wildman–Crippen MR) is 115 cm³/mol. The number of anilines is 1. The van der Waals surface area contributed by atoms with E-state index in [1.807, 2.05) is 39.8 Å². The standard InChI is InChI=1S/C20H23ClN4O2S/c1-11(2)9-25-19(27)18-16(8-13(4)22-18)24-20(25)28-10-17(26)23-15-6-5-12(3)7-14(15)21/h5-8,11,22H,9-10H2,1-4H3,(H,23,26). The zero-order valence-corrected chi connectivity index (χ0v) is 17.9. The molecule has 0 aliphatic rings. The molecule has 28 heavy (non-hydrogen) atoms. The monoisotopic (exact) mass is 418 g/mol. The lowest BCUT2D eigenvalue weighted by molar-refractivity contribution is -0.113. The molecule has 0 saturated carbocycles. The molecule has 0 unspecified atom stereocenters. The number of hydrogen-bond acceptors (Lipinski definition) is 4. The van der Waals surface area contributed by atoms with E-state index in [0.717, 1.165) is 11.3 Å². The van der Waals surface area contributed by atoms with Crippen molar-refractivity contribution >= 4 is 46.0 Å². The fourth-order valence-electron chi connectivity index (χ4n) is 2.89. The zero-order valence-electron chi connectivity index (χ0n) is 16.3. The van der Waals surface area contributed by atoms with Crippen LogP contribution in [0.2, 0.25) is 5.02 Å². The summed E-state index contributed by atoms with van der Waals surface area (Å²) in [6, 6.07) is 7.31. The predicted octanol–water partition coefficient (Wildman–Crippen LogP) is 4.38. The van der Waals surface area contributed by atoms with Gasteiger partial charge >= 0.3 is 0 Å². The Morgan fingerprint density at radius 3 is 2.75 bits per heavy atom. The number of aromatic amines is 1. The first kappa shape index (κ1) is 20.5. The fourth-order valence-corrected chi connectivity index (χ4v) is 3.98. The molecule has 148 valence electrons. The lowest BCUT2D eigenvalue weighted by Gasteiger charge is -2.14. The van der Waals surface area contributed by atoms with Crippen LogP contribution in [0.5, 0.6) is 0 Å². The third kappa shape index (κ3) is 4.59. The molecule has 6 nitrogen and oxygen atoms in total. The fraction of sp³-hybridized carbons (Fsp3) is 0.350. The lowest BCUT2D eigenvalue weighted by Crippen LogP contribution is -2.26. The molecule has 2 N–H and O–H groups in total. The molecule has 0 radical (unpaired) electrons. The van der Waals surface area contributed by atoms with Gasteiger partial charge in [0, 0.05) is 12.2 Å². The molecule has 0 fully saturated rings. The number of aromatic nitrogens is 3. The summed E-state index contributed by atoms with van der Waals surface area (Å²) in [6.45, 7) is 8.44. The van der Waals surface area contributed by atoms with E-state index in [4.69, 9.17) is 11.6 Å². The van der Waals surface area contributed by atoms with Crippen molar-refractivity contribution in [2.24, 2.45) is 5.92 Å². The summed E-state index contributed by atoms with van der Waals surface area (Å²) < 4.78 is 1.64. The van der Waals surface area contributed by atoms with Gasteiger partial charge in [-0.3, -0.25) is 14.2 Å². The summed E-state index contributed by atoms with van der Waals surface area (Å²) >= 11 is 7.43. The van der Waals surface area contributed by atoms with E-state index in [9.17, 15) is 9.59 Å². The van der Waals surface area contributed by atoms with Crippen molar-refractivity contribution in [2.75, 3.05) is 11.1 Å². The van der Waals surface area contributed by atoms with Gasteiger partial charge in [-0.1, -0.05) is 43.3 Å². The molecule has 3 rings (SSSR count). The molecule has 1 aromatic carbocycles. The van der Waals surface area contributed by atoms with Crippen molar-refractivity contribution in [3.05, 3.63) is 50.9 Å². The Labute approximate surface area is 172 Å². The molecule has 0 aliphatic heterocycles. The second kappa shape index (κ2) is 8.41. The Kier molecular flexibility index (Phi) is 6.15. The van der Waals surface area contributed by atoms with E-state index in [1.165, 1.54) is 11.8 Å². The Bertz CT molecular complexity index is 1090. The van der Waals surface area contributed by atoms with Gasteiger partial charge in [0.15, 0.2) is 5.16 Å². The highest BCUT2D eigenvalue weighted by Gasteiger charge is 2.16. The maximum absolute atomic E-state index is 12.9. The molecule has 0 saturated heterocycles. The number of carbonyl (C=O) groups excluding carboxylic acids is 1. The van der Waals surface area contributed by atoms with Crippen molar-refractivity contribution < 1.29 is 4.79 Å². The number of nitrogens with zero attached hydrogens (tertiary/aromatic N) is 2. The third-order valence-electron chi connectivity index (χ3n) is 4.12. The van der Waals surface area contributed by atoms with Crippen molar-refractivity contribution in [1.29, 1.82) is 0 Å². The minimum atomic E-state index is -0.202. The first-order chi connectivity index (χ1) is 13.2. The minimum Gasteiger partial charge on any atom is -0.353 e. The molecule has 3 aromatic rings. The van der Waals surface area contributed by atoms with Crippen LogP contribution in [0.3, 0.4) is 0 Å². The number of benzene rings is 1. The number of fused-ring (bicyclic) bond motifs is 1. The van der Waals surface area contributed by atoms with E-state index < -0.39 is 0 Å². The van der Waals surface area contributed by atoms with Crippen LogP contribution >= 0.6 is 23.4 Å². The molecule has 8 heteroatoms. The van der Waals surface area contributed by atoms with Gasteiger partial charge in [-0.25, -0.2) is 4.98 Å². The summed E-state index contributed by atoms with van der Waals surface area (Å²) in [7, 11) is 0. The van der Waals surface area contributed by atoms with Crippen LogP contribution < -0.4 is 10.9 Å². The molecule has 1 amide bonds. The van der Waals surface area contributed by atoms with Crippen molar-refractivity contribution in [2.45, 2.75) is 39.4 Å². The van der Waals surface area contributed by atoms with E-state index in [1.54, 1.807) is 16.7 Å². The van der Waals surface area contributed by atoms with Gasteiger partial charge in [-0.15, -0.1) is 0 Å². The second-order valence-electron chi connectivity index (χ2n) is 7.24. The van der Waals surface area contributed by atoms with E-state index in [0.29, 0.717) is 33.4 Å². The van der Waals surface area contributed by atoms with Crippen LogP contribution in [-0.4, -0.2) is 26.2 Å². The maximum atomic E-state index is 12.9. The number of rotatable bonds is 6. The van der Waals surface area contributed by atoms with E-state index in [2.05, 4.69) is 15.3 Å². The van der Waals surface area contributed by atoms with Gasteiger partial charge < -0.3 is 10.3 Å². The lowest BCUT2D eigenvalue weighted by atomic mass is 10.2. The van der Waals surface area contributed by atoms with Crippen LogP contribution in [0.4, 0.5) is 5.69 Å². The number of aryl methyl sites for hydroxylation is 2. The third-order valence-corrected chi connectivity index (χ3v) is 5.41. The van der Waals surface area contributed by atoms with Crippen molar-refractivity contribution in [3.63, 3.8) is 0 Å². The summed E-state index contributed by atoms with van der Waals surface area (Å²) in [6.07, 6.45) is 0. The molecule has 0 bridgehead atoms. The zero-order chi connectivity index (χ0) is 20.4. The Morgan fingerprint density at radius 2 is 2.07 bits per heavy atom. The Balaban J connectivity index is 1.82. The van der Waals surface area contributed by atoms with E-state index >= 15 is 0 Å². The number of hydrogen-bond donors (Lipinski definition) is 2. The highest BCUT2D eigenvalue weighted by Crippen LogP contribution is 2.24. The topological polar surface area (TPSA) is 79.8 Å². The number of amides is 1. The minimum absolute atomic E-state index is 0.115. The average molecular weight is 419 g/mol. The first-order valence-corrected chi connectivity index (χ1v) is 10.4. The van der Waals surface area contributed by atoms with Crippen LogP contribution in [0.25, 0.3) is 11.0 Å². The highest BCUT2D eigenvalue weighted by molar-refractivity contribution is 7.99. The van der Waals surface area contributed by atoms with Crippen LogP contribution in [0.15, 0.2) is 34.2 Å². The van der Waals surface area contributed by atoms with Gasteiger partial charge in [-0.05, 0) is 43.5 Å². The van der Waals surface area contributed by atoms with Gasteiger partial charge in [0.05, 0.1) is 22.0 Å². The summed E-state index contributed by atoms with van der Waals surface area (Å²) in [5.74, 6) is 0.197. The first-order valence-electron chi connectivity index (χ1n) is 9.03. The Hall–Kier alpha value is -2.25. The van der Waals surface area contributed by atoms with Crippen LogP contribution in [-0.2, 0) is 11.3 Å². The SMILES string of the molecule is Cc1ccc(NC(=O)CSc2nc3cc(C)[nH]c3c(=O)n2CC(C)C)c(Cl)c1. The summed E-state index contributed by atoms with van der Waals surface area (Å²) in [5.41, 5.74) is 3.47. The van der Waals surface area contributed by atoms with Crippen LogP contribution in [0, 0.1) is 19.8 Å². The molecule has 0 spiro atoms. The van der Waals surface area contributed by atoms with Gasteiger partial charge in [-0.2, -0.15) is 0 Å². The number of nitrogens with one attached hydrogen (secondary N) is 2. The number of carbonyl (C=O) groups is 1. The highest BCUT2D eigenvalue weighted by atomic mass is 35.5. The van der Waals surface area contributed by atoms with Gasteiger partial charge in [0.25, 0.3) is 5.56 Å². The van der Waals surface area contributed by atoms with Crippen LogP contribution in [0.1, 0.15) is 25.1 Å². The summed E-state index contributed by atoms with van der Waals surface area (Å²) in [4.78, 5) is 33.0. The molecule has 2 heterocycles. The largest absolute Gasteiger partial charge is 0.353 e. The summed E-state index contributed by atoms with van der Waals surface area (Å²) in [5, 5.41) is 3.85. The molecular formula is C20H23ClN4O2S. The smallest absolute Gasteiger partial charge is 0.278 e. The van der Waals surface area contributed by atoms with Crippen molar-refractivity contribution in [1.82, 2.24) is 14.5 Å². The Morgan fingerprint density at radius 1 is 1.32 bits per heavy atom. The second-order valence-corrected chi connectivity index (χ2v) is 8.59. The quantitative estimate of drug-likeness (QED) is 0.459. The van der Waals surface area contributed by atoms with Gasteiger partial charge in [0.1, 0.15) is 5.52 Å².